The molecule has 1 aromatic carbocycles. The van der Waals surface area contributed by atoms with E-state index >= 15 is 0 Å². The molecule has 19 heavy (non-hydrogen) atoms. The Kier molecular flexibility index (Phi) is 3.58. The fourth-order valence-corrected chi connectivity index (χ4v) is 3.41. The molecule has 2 nitrogen and oxygen atoms in total. The van der Waals surface area contributed by atoms with Gasteiger partial charge in [-0.1, -0.05) is 24.3 Å². The highest BCUT2D eigenvalue weighted by Crippen LogP contribution is 2.25. The number of fused-ring (bicyclic) bond motifs is 1. The average Bonchev–Trinajstić information content (AvgIpc) is 2.97. The average molecular weight is 291 g/mol. The molecule has 0 saturated carbocycles. The van der Waals surface area contributed by atoms with Gasteiger partial charge in [-0.2, -0.15) is 0 Å². The molecule has 0 aliphatic carbocycles. The monoisotopic (exact) mass is 290 g/mol. The van der Waals surface area contributed by atoms with E-state index in [0.29, 0.717) is 11.8 Å². The molecule has 0 spiro atoms. The Labute approximate surface area is 121 Å². The summed E-state index contributed by atoms with van der Waals surface area (Å²) in [5.41, 5.74) is 3.74. The Morgan fingerprint density at radius 2 is 2.21 bits per heavy atom. The van der Waals surface area contributed by atoms with Gasteiger partial charge in [0.1, 0.15) is 0 Å². The van der Waals surface area contributed by atoms with Crippen LogP contribution in [0.5, 0.6) is 0 Å². The molecule has 3 rings (SSSR count). The molecule has 0 saturated heterocycles. The van der Waals surface area contributed by atoms with Crippen LogP contribution in [-0.2, 0) is 6.42 Å². The van der Waals surface area contributed by atoms with Crippen LogP contribution in [0.15, 0.2) is 42.0 Å². The summed E-state index contributed by atoms with van der Waals surface area (Å²) >= 11 is 7.83. The lowest BCUT2D eigenvalue weighted by Gasteiger charge is -2.15. The van der Waals surface area contributed by atoms with E-state index in [0.717, 1.165) is 17.1 Å². The maximum Gasteiger partial charge on any atom is 0.193 e. The number of imidazole rings is 1. The maximum atomic E-state index is 6.16. The normalized spacial score (nSPS) is 12.9. The molecule has 0 bridgehead atoms. The van der Waals surface area contributed by atoms with Crippen molar-refractivity contribution in [3.63, 3.8) is 0 Å². The Morgan fingerprint density at radius 3 is 2.95 bits per heavy atom. The van der Waals surface area contributed by atoms with E-state index in [1.807, 2.05) is 11.6 Å². The predicted octanol–water partition coefficient (Wildman–Crippen LogP) is 4.27. The number of alkyl halides is 1. The third-order valence-electron chi connectivity index (χ3n) is 3.41. The van der Waals surface area contributed by atoms with Gasteiger partial charge in [-0.3, -0.25) is 4.40 Å². The van der Waals surface area contributed by atoms with Gasteiger partial charge in [0, 0.05) is 29.6 Å². The van der Waals surface area contributed by atoms with Crippen molar-refractivity contribution in [1.29, 1.82) is 0 Å². The van der Waals surface area contributed by atoms with Crippen molar-refractivity contribution in [2.75, 3.05) is 5.88 Å². The highest BCUT2D eigenvalue weighted by molar-refractivity contribution is 7.15. The van der Waals surface area contributed by atoms with Crippen LogP contribution >= 0.6 is 22.9 Å². The topological polar surface area (TPSA) is 17.3 Å². The minimum atomic E-state index is 0.326. The van der Waals surface area contributed by atoms with Crippen molar-refractivity contribution in [1.82, 2.24) is 9.38 Å². The lowest BCUT2D eigenvalue weighted by molar-refractivity contribution is 0.746. The molecule has 2 aromatic heterocycles. The quantitative estimate of drug-likeness (QED) is 0.656. The number of nitrogens with zero attached hydrogens (tertiary/aromatic N) is 2. The summed E-state index contributed by atoms with van der Waals surface area (Å²) in [6.07, 6.45) is 5.03. The molecular weight excluding hydrogens is 276 g/mol. The van der Waals surface area contributed by atoms with E-state index < -0.39 is 0 Å². The van der Waals surface area contributed by atoms with Crippen molar-refractivity contribution < 1.29 is 0 Å². The Bertz CT molecular complexity index is 658. The minimum absolute atomic E-state index is 0.326. The van der Waals surface area contributed by atoms with Crippen molar-refractivity contribution in [2.24, 2.45) is 0 Å². The lowest BCUT2D eigenvalue weighted by atomic mass is 9.93. The first-order valence-electron chi connectivity index (χ1n) is 6.30. The van der Waals surface area contributed by atoms with Crippen LogP contribution in [0, 0.1) is 6.92 Å². The first-order valence-corrected chi connectivity index (χ1v) is 7.72. The zero-order chi connectivity index (χ0) is 13.2. The summed E-state index contributed by atoms with van der Waals surface area (Å²) in [4.78, 5) is 5.69. The van der Waals surface area contributed by atoms with Gasteiger partial charge < -0.3 is 0 Å². The number of aromatic nitrogens is 2. The molecule has 0 radical (unpaired) electrons. The Balaban J connectivity index is 1.87. The second-order valence-electron chi connectivity index (χ2n) is 4.74. The third-order valence-corrected chi connectivity index (χ3v) is 4.56. The molecule has 1 unspecified atom stereocenters. The smallest absolute Gasteiger partial charge is 0.193 e. The highest BCUT2D eigenvalue weighted by Gasteiger charge is 2.15. The zero-order valence-electron chi connectivity index (χ0n) is 10.7. The minimum Gasteiger partial charge on any atom is -0.297 e. The fraction of sp³-hybridized carbons (Fsp3) is 0.267. The molecule has 0 aliphatic heterocycles. The summed E-state index contributed by atoms with van der Waals surface area (Å²) in [5, 5.41) is 2.05. The van der Waals surface area contributed by atoms with Crippen LogP contribution in [-0.4, -0.2) is 15.3 Å². The first kappa shape index (κ1) is 12.7. The van der Waals surface area contributed by atoms with Crippen LogP contribution in [0.25, 0.3) is 4.96 Å². The van der Waals surface area contributed by atoms with E-state index in [1.54, 1.807) is 11.3 Å². The summed E-state index contributed by atoms with van der Waals surface area (Å²) in [5.74, 6) is 0.947. The van der Waals surface area contributed by atoms with Gasteiger partial charge in [0.25, 0.3) is 0 Å². The lowest BCUT2D eigenvalue weighted by Crippen LogP contribution is -2.06. The SMILES string of the molecule is Cc1ccccc1C(CCl)Cc1cn2ccsc2n1. The van der Waals surface area contributed by atoms with Gasteiger partial charge in [-0.15, -0.1) is 22.9 Å². The van der Waals surface area contributed by atoms with E-state index in [4.69, 9.17) is 11.6 Å². The first-order chi connectivity index (χ1) is 9.28. The number of aryl methyl sites for hydroxylation is 1. The van der Waals surface area contributed by atoms with Crippen molar-refractivity contribution in [2.45, 2.75) is 19.3 Å². The van der Waals surface area contributed by atoms with Crippen molar-refractivity contribution in [3.05, 3.63) is 58.9 Å². The number of benzene rings is 1. The molecule has 0 aliphatic rings. The number of halogens is 1. The third kappa shape index (κ3) is 2.53. The van der Waals surface area contributed by atoms with Crippen LogP contribution in [0.2, 0.25) is 0 Å². The largest absolute Gasteiger partial charge is 0.297 e. The van der Waals surface area contributed by atoms with E-state index in [9.17, 15) is 0 Å². The Hall–Kier alpha value is -1.32. The molecule has 98 valence electrons. The molecule has 3 aromatic rings. The van der Waals surface area contributed by atoms with Gasteiger partial charge >= 0.3 is 0 Å². The summed E-state index contributed by atoms with van der Waals surface area (Å²) in [7, 11) is 0. The van der Waals surface area contributed by atoms with Crippen LogP contribution in [0.3, 0.4) is 0 Å². The van der Waals surface area contributed by atoms with Crippen molar-refractivity contribution in [3.8, 4) is 0 Å². The van der Waals surface area contributed by atoms with Crippen LogP contribution in [0.4, 0.5) is 0 Å². The summed E-state index contributed by atoms with van der Waals surface area (Å²) in [6.45, 7) is 2.14. The maximum absolute atomic E-state index is 6.16. The van der Waals surface area contributed by atoms with Crippen LogP contribution < -0.4 is 0 Å². The van der Waals surface area contributed by atoms with E-state index in [2.05, 4.69) is 46.8 Å². The standard InChI is InChI=1S/C15H15ClN2S/c1-11-4-2-3-5-14(11)12(9-16)8-13-10-18-6-7-19-15(18)17-13/h2-7,10,12H,8-9H2,1H3. The zero-order valence-corrected chi connectivity index (χ0v) is 12.3. The number of hydrogen-bond acceptors (Lipinski definition) is 2. The van der Waals surface area contributed by atoms with E-state index in [-0.39, 0.29) is 0 Å². The molecule has 1 atom stereocenters. The molecular formula is C15H15ClN2S. The van der Waals surface area contributed by atoms with E-state index in [1.165, 1.54) is 11.1 Å². The molecule has 2 heterocycles. The second kappa shape index (κ2) is 5.35. The van der Waals surface area contributed by atoms with Crippen LogP contribution in [0.1, 0.15) is 22.7 Å². The molecule has 0 amide bonds. The number of rotatable bonds is 4. The second-order valence-corrected chi connectivity index (χ2v) is 5.92. The highest BCUT2D eigenvalue weighted by atomic mass is 35.5. The molecule has 0 fully saturated rings. The van der Waals surface area contributed by atoms with Gasteiger partial charge in [-0.25, -0.2) is 4.98 Å². The van der Waals surface area contributed by atoms with Gasteiger partial charge in [0.15, 0.2) is 4.96 Å². The number of thiazole rings is 1. The van der Waals surface area contributed by atoms with Gasteiger partial charge in [0.2, 0.25) is 0 Å². The fourth-order valence-electron chi connectivity index (χ4n) is 2.42. The molecule has 4 heteroatoms. The molecule has 0 N–H and O–H groups in total. The predicted molar refractivity (Wildman–Crippen MR) is 81.4 cm³/mol. The Morgan fingerprint density at radius 1 is 1.37 bits per heavy atom. The van der Waals surface area contributed by atoms with Gasteiger partial charge in [0.05, 0.1) is 5.69 Å². The van der Waals surface area contributed by atoms with Crippen molar-refractivity contribution >= 4 is 27.9 Å². The summed E-state index contributed by atoms with van der Waals surface area (Å²) in [6, 6.07) is 8.45. The summed E-state index contributed by atoms with van der Waals surface area (Å²) < 4.78 is 2.07. The number of hydrogen-bond donors (Lipinski definition) is 0. The van der Waals surface area contributed by atoms with Gasteiger partial charge in [-0.05, 0) is 24.5 Å².